The molecule has 0 aromatic heterocycles. The summed E-state index contributed by atoms with van der Waals surface area (Å²) in [6.07, 6.45) is 6.03. The summed E-state index contributed by atoms with van der Waals surface area (Å²) in [5.74, 6) is -2.93. The number of carbonyl (C=O) groups is 3. The first-order valence-corrected chi connectivity index (χ1v) is 13.0. The van der Waals surface area contributed by atoms with E-state index in [0.717, 1.165) is 23.6 Å². The lowest BCUT2D eigenvalue weighted by atomic mass is 9.69. The van der Waals surface area contributed by atoms with Crippen LogP contribution in [0.5, 0.6) is 0 Å². The smallest absolute Gasteiger partial charge is 0.310 e. The van der Waals surface area contributed by atoms with Crippen molar-refractivity contribution in [3.05, 3.63) is 54.6 Å². The number of benzene rings is 2. The zero-order valence-electron chi connectivity index (χ0n) is 21.2. The van der Waals surface area contributed by atoms with Gasteiger partial charge < -0.3 is 20.1 Å². The maximum Gasteiger partial charge on any atom is 0.310 e. The van der Waals surface area contributed by atoms with Gasteiger partial charge in [0.05, 0.1) is 31.1 Å². The first kappa shape index (κ1) is 25.9. The van der Waals surface area contributed by atoms with Crippen LogP contribution in [0.25, 0.3) is 10.8 Å². The predicted octanol–water partition coefficient (Wildman–Crippen LogP) is 4.16. The fraction of sp³-hybridized carbons (Fsp3) is 0.483. The van der Waals surface area contributed by atoms with Crippen LogP contribution < -0.4 is 5.32 Å². The predicted molar refractivity (Wildman–Crippen MR) is 139 cm³/mol. The largest absolute Gasteiger partial charge is 0.466 e. The van der Waals surface area contributed by atoms with Crippen molar-refractivity contribution in [2.24, 2.45) is 23.7 Å². The van der Waals surface area contributed by atoms with Crippen molar-refractivity contribution in [3.8, 4) is 0 Å². The Labute approximate surface area is 212 Å². The number of allylic oxidation sites excluding steroid dienone is 1. The average molecular weight is 493 g/mol. The third-order valence-corrected chi connectivity index (χ3v) is 7.59. The molecule has 192 valence electrons. The van der Waals surface area contributed by atoms with E-state index in [1.807, 2.05) is 68.5 Å². The number of hydrogen-bond donors (Lipinski definition) is 2. The van der Waals surface area contributed by atoms with Crippen molar-refractivity contribution in [1.82, 2.24) is 4.90 Å². The number of hydrogen-bond acceptors (Lipinski definition) is 5. The molecule has 0 saturated carbocycles. The molecule has 2 aromatic carbocycles. The van der Waals surface area contributed by atoms with Gasteiger partial charge in [0.2, 0.25) is 11.8 Å². The molecule has 0 spiro atoms. The maximum absolute atomic E-state index is 13.9. The van der Waals surface area contributed by atoms with Crippen LogP contribution in [-0.4, -0.2) is 53.1 Å². The van der Waals surface area contributed by atoms with Gasteiger partial charge in [0.1, 0.15) is 6.04 Å². The number of nitrogens with zero attached hydrogens (tertiary/aromatic N) is 1. The van der Waals surface area contributed by atoms with Gasteiger partial charge in [-0.05, 0) is 48.6 Å². The highest BCUT2D eigenvalue weighted by atomic mass is 16.5. The van der Waals surface area contributed by atoms with E-state index in [0.29, 0.717) is 12.1 Å². The van der Waals surface area contributed by atoms with E-state index >= 15 is 0 Å². The molecule has 0 unspecified atom stereocenters. The second-order valence-electron chi connectivity index (χ2n) is 9.70. The highest BCUT2D eigenvalue weighted by Crippen LogP contribution is 2.46. The maximum atomic E-state index is 13.9. The van der Waals surface area contributed by atoms with E-state index in [1.165, 1.54) is 4.90 Å². The zero-order valence-corrected chi connectivity index (χ0v) is 21.2. The summed E-state index contributed by atoms with van der Waals surface area (Å²) in [6, 6.07) is 12.2. The summed E-state index contributed by atoms with van der Waals surface area (Å²) < 4.78 is 5.40. The van der Waals surface area contributed by atoms with Gasteiger partial charge >= 0.3 is 5.97 Å². The lowest BCUT2D eigenvalue weighted by Crippen LogP contribution is -2.50. The number of anilines is 1. The zero-order chi connectivity index (χ0) is 25.8. The lowest BCUT2D eigenvalue weighted by molar-refractivity contribution is -0.156. The number of rotatable bonds is 9. The third kappa shape index (κ3) is 4.76. The van der Waals surface area contributed by atoms with Crippen LogP contribution in [0.2, 0.25) is 0 Å². The van der Waals surface area contributed by atoms with Gasteiger partial charge in [-0.3, -0.25) is 14.4 Å². The molecule has 7 nitrogen and oxygen atoms in total. The number of carbonyl (C=O) groups excluding carboxylic acids is 3. The van der Waals surface area contributed by atoms with E-state index in [2.05, 4.69) is 5.32 Å². The molecular weight excluding hydrogens is 456 g/mol. The minimum Gasteiger partial charge on any atom is -0.466 e. The number of aliphatic hydroxyl groups excluding tert-OH is 1. The van der Waals surface area contributed by atoms with Gasteiger partial charge in [-0.15, -0.1) is 0 Å². The molecule has 1 saturated heterocycles. The first-order valence-electron chi connectivity index (χ1n) is 13.0. The standard InChI is InChI=1S/C29H36N2O5/c1-4-9-19-13-15-23-25(24(19)29(35)36-6-3)28(34)31(22(5-2)17-32)26(23)27(33)30-21-14-12-18-10-7-8-11-20(18)16-21/h7-8,10-16,19,22-26,32H,4-6,9,17H2,1-3H3,(H,30,33)/t19-,22+,23+,24-,25-,26+/m1/s1. The van der Waals surface area contributed by atoms with Gasteiger partial charge in [0.15, 0.2) is 0 Å². The molecule has 4 rings (SSSR count). The molecule has 6 atom stereocenters. The molecule has 2 aliphatic rings. The minimum absolute atomic E-state index is 0.127. The summed E-state index contributed by atoms with van der Waals surface area (Å²) >= 11 is 0. The summed E-state index contributed by atoms with van der Waals surface area (Å²) in [5.41, 5.74) is 0.636. The second-order valence-corrected chi connectivity index (χ2v) is 9.70. The van der Waals surface area contributed by atoms with Crippen molar-refractivity contribution in [1.29, 1.82) is 0 Å². The molecule has 0 radical (unpaired) electrons. The Morgan fingerprint density at radius 3 is 2.50 bits per heavy atom. The topological polar surface area (TPSA) is 95.9 Å². The van der Waals surface area contributed by atoms with Crippen LogP contribution in [0.1, 0.15) is 40.0 Å². The monoisotopic (exact) mass is 492 g/mol. The van der Waals surface area contributed by atoms with Crippen LogP contribution in [0.15, 0.2) is 54.6 Å². The Morgan fingerprint density at radius 1 is 1.08 bits per heavy atom. The number of nitrogens with one attached hydrogen (secondary N) is 1. The van der Waals surface area contributed by atoms with Crippen molar-refractivity contribution in [2.45, 2.75) is 52.1 Å². The van der Waals surface area contributed by atoms with Gasteiger partial charge in [0, 0.05) is 11.6 Å². The van der Waals surface area contributed by atoms with Gasteiger partial charge in [-0.1, -0.05) is 62.8 Å². The highest BCUT2D eigenvalue weighted by molar-refractivity contribution is 6.02. The molecule has 1 aliphatic carbocycles. The van der Waals surface area contributed by atoms with Crippen molar-refractivity contribution >= 4 is 34.2 Å². The molecule has 1 heterocycles. The molecule has 1 aliphatic heterocycles. The molecular formula is C29H36N2O5. The van der Waals surface area contributed by atoms with Crippen LogP contribution in [0, 0.1) is 23.7 Å². The van der Waals surface area contributed by atoms with E-state index in [9.17, 15) is 19.5 Å². The quantitative estimate of drug-likeness (QED) is 0.405. The van der Waals surface area contributed by atoms with Crippen LogP contribution in [-0.2, 0) is 19.1 Å². The summed E-state index contributed by atoms with van der Waals surface area (Å²) in [5, 5.41) is 15.2. The molecule has 36 heavy (non-hydrogen) atoms. The van der Waals surface area contributed by atoms with Crippen LogP contribution in [0.3, 0.4) is 0 Å². The lowest BCUT2D eigenvalue weighted by Gasteiger charge is -2.34. The summed E-state index contributed by atoms with van der Waals surface area (Å²) in [4.78, 5) is 42.3. The Morgan fingerprint density at radius 2 is 1.83 bits per heavy atom. The number of likely N-dealkylation sites (tertiary alicyclic amines) is 1. The highest BCUT2D eigenvalue weighted by Gasteiger charge is 2.58. The summed E-state index contributed by atoms with van der Waals surface area (Å²) in [7, 11) is 0. The molecule has 7 heteroatoms. The minimum atomic E-state index is -0.832. The van der Waals surface area contributed by atoms with Crippen LogP contribution >= 0.6 is 0 Å². The molecule has 2 aromatic rings. The Bertz CT molecular complexity index is 1140. The second kappa shape index (κ2) is 11.2. The van der Waals surface area contributed by atoms with Gasteiger partial charge in [-0.2, -0.15) is 0 Å². The number of fused-ring (bicyclic) bond motifs is 2. The SMILES string of the molecule is CCC[C@@H]1C=C[C@H]2[C@@H](C(=O)N([C@@H](CC)CO)[C@@H]2C(=O)Nc2ccc3ccccc3c2)[C@@H]1C(=O)OCC. The van der Waals surface area contributed by atoms with E-state index in [1.54, 1.807) is 6.92 Å². The van der Waals surface area contributed by atoms with Crippen molar-refractivity contribution < 1.29 is 24.2 Å². The summed E-state index contributed by atoms with van der Waals surface area (Å²) in [6.45, 7) is 5.65. The fourth-order valence-corrected chi connectivity index (χ4v) is 5.90. The molecule has 2 N–H and O–H groups in total. The molecule has 2 amide bonds. The van der Waals surface area contributed by atoms with Crippen LogP contribution in [0.4, 0.5) is 5.69 Å². The third-order valence-electron chi connectivity index (χ3n) is 7.59. The molecule has 1 fully saturated rings. The number of ether oxygens (including phenoxy) is 1. The van der Waals surface area contributed by atoms with E-state index < -0.39 is 35.8 Å². The van der Waals surface area contributed by atoms with Crippen molar-refractivity contribution in [3.63, 3.8) is 0 Å². The van der Waals surface area contributed by atoms with Gasteiger partial charge in [-0.25, -0.2) is 0 Å². The average Bonchev–Trinajstić information content (AvgIpc) is 3.17. The first-order chi connectivity index (χ1) is 17.4. The normalized spacial score (nSPS) is 26.1. The van der Waals surface area contributed by atoms with E-state index in [-0.39, 0.29) is 30.9 Å². The number of esters is 1. The fourth-order valence-electron chi connectivity index (χ4n) is 5.90. The van der Waals surface area contributed by atoms with E-state index in [4.69, 9.17) is 4.74 Å². The Balaban J connectivity index is 1.71. The van der Waals surface area contributed by atoms with Crippen molar-refractivity contribution in [2.75, 3.05) is 18.5 Å². The van der Waals surface area contributed by atoms with Gasteiger partial charge in [0.25, 0.3) is 0 Å². The number of aliphatic hydroxyl groups is 1. The Hall–Kier alpha value is -3.19. The number of amides is 2. The Kier molecular flexibility index (Phi) is 8.09. The molecule has 0 bridgehead atoms.